The summed E-state index contributed by atoms with van der Waals surface area (Å²) < 4.78 is 0. The highest BCUT2D eigenvalue weighted by Gasteiger charge is 2.30. The van der Waals surface area contributed by atoms with Crippen LogP contribution in [-0.2, 0) is 17.6 Å². The van der Waals surface area contributed by atoms with Gasteiger partial charge in [0.25, 0.3) is 0 Å². The summed E-state index contributed by atoms with van der Waals surface area (Å²) in [5.41, 5.74) is 2.72. The van der Waals surface area contributed by atoms with Crippen molar-refractivity contribution in [3.05, 3.63) is 35.4 Å². The summed E-state index contributed by atoms with van der Waals surface area (Å²) in [7, 11) is 0. The fraction of sp³-hybridized carbons (Fsp3) is 0.500. The number of nitrogens with one attached hydrogen (secondary N) is 1. The van der Waals surface area contributed by atoms with Gasteiger partial charge in [-0.05, 0) is 24.0 Å². The molecule has 3 rings (SSSR count). The quantitative estimate of drug-likeness (QED) is 0.775. The molecule has 1 aromatic rings. The lowest BCUT2D eigenvalue weighted by Crippen LogP contribution is -2.48. The van der Waals surface area contributed by atoms with E-state index in [9.17, 15) is 4.79 Å². The molecule has 2 aliphatic rings. The fourth-order valence-corrected chi connectivity index (χ4v) is 2.88. The summed E-state index contributed by atoms with van der Waals surface area (Å²) in [5.74, 6) is 0.535. The Balaban J connectivity index is 1.69. The van der Waals surface area contributed by atoms with Crippen molar-refractivity contribution < 1.29 is 4.79 Å². The molecule has 1 N–H and O–H groups in total. The molecule has 0 atom stereocenters. The topological polar surface area (TPSA) is 32.3 Å². The summed E-state index contributed by atoms with van der Waals surface area (Å²) >= 11 is 0. The number of nitrogens with zero attached hydrogens (tertiary/aromatic N) is 1. The van der Waals surface area contributed by atoms with Crippen LogP contribution in [0.2, 0.25) is 0 Å². The van der Waals surface area contributed by atoms with Crippen LogP contribution in [0.3, 0.4) is 0 Å². The van der Waals surface area contributed by atoms with E-state index in [-0.39, 0.29) is 5.92 Å². The third-order valence-electron chi connectivity index (χ3n) is 3.83. The number of benzene rings is 1. The maximum atomic E-state index is 12.4. The highest BCUT2D eigenvalue weighted by molar-refractivity contribution is 5.80. The lowest BCUT2D eigenvalue weighted by molar-refractivity contribution is -0.135. The van der Waals surface area contributed by atoms with Crippen LogP contribution in [0.25, 0.3) is 0 Å². The molecule has 1 aliphatic carbocycles. The molecule has 0 unspecified atom stereocenters. The van der Waals surface area contributed by atoms with Crippen molar-refractivity contribution in [1.29, 1.82) is 0 Å². The van der Waals surface area contributed by atoms with E-state index in [0.29, 0.717) is 5.91 Å². The van der Waals surface area contributed by atoms with Gasteiger partial charge >= 0.3 is 0 Å². The van der Waals surface area contributed by atoms with Gasteiger partial charge in [-0.2, -0.15) is 0 Å². The van der Waals surface area contributed by atoms with Gasteiger partial charge in [-0.25, -0.2) is 0 Å². The number of carbonyl (C=O) groups is 1. The molecule has 1 aliphatic heterocycles. The normalized spacial score (nSPS) is 20.4. The maximum Gasteiger partial charge on any atom is 0.226 e. The molecule has 3 heteroatoms. The number of hydrogen-bond donors (Lipinski definition) is 1. The van der Waals surface area contributed by atoms with E-state index in [1.165, 1.54) is 11.1 Å². The molecule has 1 amide bonds. The van der Waals surface area contributed by atoms with E-state index in [2.05, 4.69) is 29.6 Å². The third kappa shape index (κ3) is 2.07. The SMILES string of the molecule is O=C(C1Cc2ccccc2C1)N1CCNCC1. The summed E-state index contributed by atoms with van der Waals surface area (Å²) in [4.78, 5) is 14.4. The zero-order valence-electron chi connectivity index (χ0n) is 9.98. The van der Waals surface area contributed by atoms with Crippen LogP contribution in [0.15, 0.2) is 24.3 Å². The van der Waals surface area contributed by atoms with E-state index < -0.39 is 0 Å². The minimum atomic E-state index is 0.186. The van der Waals surface area contributed by atoms with Gasteiger partial charge in [0.1, 0.15) is 0 Å². The average Bonchev–Trinajstić information content (AvgIpc) is 2.82. The van der Waals surface area contributed by atoms with Crippen LogP contribution in [-0.4, -0.2) is 37.0 Å². The van der Waals surface area contributed by atoms with E-state index in [4.69, 9.17) is 0 Å². The standard InChI is InChI=1S/C14H18N2O/c17-14(16-7-5-15-6-8-16)13-9-11-3-1-2-4-12(11)10-13/h1-4,13,15H,5-10H2. The molecule has 1 fully saturated rings. The Kier molecular flexibility index (Phi) is 2.85. The second-order valence-electron chi connectivity index (χ2n) is 4.95. The Labute approximate surface area is 102 Å². The zero-order chi connectivity index (χ0) is 11.7. The van der Waals surface area contributed by atoms with Crippen LogP contribution in [0, 0.1) is 5.92 Å². The number of hydrogen-bond acceptors (Lipinski definition) is 2. The highest BCUT2D eigenvalue weighted by atomic mass is 16.2. The highest BCUT2D eigenvalue weighted by Crippen LogP contribution is 2.27. The van der Waals surface area contributed by atoms with Gasteiger partial charge in [-0.15, -0.1) is 0 Å². The zero-order valence-corrected chi connectivity index (χ0v) is 9.98. The Morgan fingerprint density at radius 1 is 1.12 bits per heavy atom. The van der Waals surface area contributed by atoms with E-state index in [0.717, 1.165) is 39.0 Å². The van der Waals surface area contributed by atoms with Crippen LogP contribution in [0.1, 0.15) is 11.1 Å². The van der Waals surface area contributed by atoms with Crippen LogP contribution in [0.5, 0.6) is 0 Å². The van der Waals surface area contributed by atoms with Crippen molar-refractivity contribution in [2.45, 2.75) is 12.8 Å². The van der Waals surface area contributed by atoms with Gasteiger partial charge in [0.15, 0.2) is 0 Å². The molecule has 3 nitrogen and oxygen atoms in total. The predicted molar refractivity (Wildman–Crippen MR) is 66.8 cm³/mol. The van der Waals surface area contributed by atoms with Gasteiger partial charge in [0.2, 0.25) is 5.91 Å². The lowest BCUT2D eigenvalue weighted by Gasteiger charge is -2.29. The summed E-state index contributed by atoms with van der Waals surface area (Å²) in [5, 5.41) is 3.28. The van der Waals surface area contributed by atoms with Crippen molar-refractivity contribution >= 4 is 5.91 Å². The van der Waals surface area contributed by atoms with Crippen molar-refractivity contribution in [2.75, 3.05) is 26.2 Å². The Morgan fingerprint density at radius 3 is 2.29 bits per heavy atom. The maximum absolute atomic E-state index is 12.4. The minimum Gasteiger partial charge on any atom is -0.340 e. The first kappa shape index (κ1) is 10.8. The minimum absolute atomic E-state index is 0.186. The molecule has 0 radical (unpaired) electrons. The first-order chi connectivity index (χ1) is 8.34. The van der Waals surface area contributed by atoms with Crippen LogP contribution < -0.4 is 5.32 Å². The molecule has 90 valence electrons. The number of piperazine rings is 1. The molecule has 0 aromatic heterocycles. The monoisotopic (exact) mass is 230 g/mol. The van der Waals surface area contributed by atoms with E-state index >= 15 is 0 Å². The largest absolute Gasteiger partial charge is 0.340 e. The second kappa shape index (κ2) is 4.49. The van der Waals surface area contributed by atoms with Crippen LogP contribution >= 0.6 is 0 Å². The van der Waals surface area contributed by atoms with E-state index in [1.807, 2.05) is 4.90 Å². The van der Waals surface area contributed by atoms with Crippen molar-refractivity contribution in [3.8, 4) is 0 Å². The van der Waals surface area contributed by atoms with Gasteiger partial charge in [0, 0.05) is 32.1 Å². The lowest BCUT2D eigenvalue weighted by atomic mass is 10.0. The van der Waals surface area contributed by atoms with Crippen molar-refractivity contribution in [3.63, 3.8) is 0 Å². The van der Waals surface area contributed by atoms with Gasteiger partial charge in [-0.1, -0.05) is 24.3 Å². The number of carbonyl (C=O) groups excluding carboxylic acids is 1. The summed E-state index contributed by atoms with van der Waals surface area (Å²) in [6.45, 7) is 3.61. The third-order valence-corrected chi connectivity index (χ3v) is 3.83. The molecule has 1 saturated heterocycles. The van der Waals surface area contributed by atoms with E-state index in [1.54, 1.807) is 0 Å². The molecule has 1 heterocycles. The van der Waals surface area contributed by atoms with Crippen LogP contribution in [0.4, 0.5) is 0 Å². The Morgan fingerprint density at radius 2 is 1.71 bits per heavy atom. The molecule has 1 aromatic carbocycles. The Hall–Kier alpha value is -1.35. The van der Waals surface area contributed by atoms with Gasteiger partial charge < -0.3 is 10.2 Å². The average molecular weight is 230 g/mol. The number of fused-ring (bicyclic) bond motifs is 1. The first-order valence-electron chi connectivity index (χ1n) is 6.41. The summed E-state index contributed by atoms with van der Waals surface area (Å²) in [6.07, 6.45) is 1.86. The first-order valence-corrected chi connectivity index (χ1v) is 6.41. The molecular weight excluding hydrogens is 212 g/mol. The number of amides is 1. The van der Waals surface area contributed by atoms with Gasteiger partial charge in [-0.3, -0.25) is 4.79 Å². The smallest absolute Gasteiger partial charge is 0.226 e. The molecule has 0 spiro atoms. The van der Waals surface area contributed by atoms with Crippen molar-refractivity contribution in [1.82, 2.24) is 10.2 Å². The molecular formula is C14H18N2O. The second-order valence-corrected chi connectivity index (χ2v) is 4.95. The summed E-state index contributed by atoms with van der Waals surface area (Å²) in [6, 6.07) is 8.44. The van der Waals surface area contributed by atoms with Crippen molar-refractivity contribution in [2.24, 2.45) is 5.92 Å². The van der Waals surface area contributed by atoms with Gasteiger partial charge in [0.05, 0.1) is 0 Å². The molecule has 0 bridgehead atoms. The number of rotatable bonds is 1. The predicted octanol–water partition coefficient (Wildman–Crippen LogP) is 0.833. The molecule has 17 heavy (non-hydrogen) atoms. The Bertz CT molecular complexity index is 399. The molecule has 0 saturated carbocycles. The fourth-order valence-electron chi connectivity index (χ4n) is 2.88.